The smallest absolute Gasteiger partial charge is 0.0462 e. The number of benzene rings is 4. The number of hydrogen-bond donors (Lipinski definition) is 0. The first-order valence-electron chi connectivity index (χ1n) is 17.2. The van der Waals surface area contributed by atoms with E-state index in [1.165, 1.54) is 16.7 Å². The highest BCUT2D eigenvalue weighted by atomic mass is 15.1. The molecule has 0 aliphatic rings. The quantitative estimate of drug-likeness (QED) is 0.108. The van der Waals surface area contributed by atoms with Gasteiger partial charge in [-0.2, -0.15) is 0 Å². The Balaban J connectivity index is 1.59. The van der Waals surface area contributed by atoms with Crippen LogP contribution in [0.5, 0.6) is 0 Å². The molecule has 1 heteroatoms. The Kier molecular flexibility index (Phi) is 15.8. The van der Waals surface area contributed by atoms with E-state index in [9.17, 15) is 0 Å². The predicted molar refractivity (Wildman–Crippen MR) is 227 cm³/mol. The average molecular weight is 662 g/mol. The number of rotatable bonds is 16. The molecule has 0 spiro atoms. The topological polar surface area (TPSA) is 3.24 Å². The van der Waals surface area contributed by atoms with Gasteiger partial charge in [0, 0.05) is 17.1 Å². The Morgan fingerprint density at radius 3 is 1.10 bits per heavy atom. The fourth-order valence-electron chi connectivity index (χ4n) is 4.97. The first kappa shape index (κ1) is 37.4. The van der Waals surface area contributed by atoms with E-state index in [-0.39, 0.29) is 0 Å². The van der Waals surface area contributed by atoms with E-state index in [4.69, 9.17) is 0 Å². The van der Waals surface area contributed by atoms with Gasteiger partial charge in [-0.15, -0.1) is 0 Å². The molecule has 0 aromatic heterocycles. The van der Waals surface area contributed by atoms with Gasteiger partial charge in [-0.25, -0.2) is 0 Å². The van der Waals surface area contributed by atoms with Gasteiger partial charge in [0.2, 0.25) is 0 Å². The van der Waals surface area contributed by atoms with Crippen molar-refractivity contribution in [2.24, 2.45) is 0 Å². The van der Waals surface area contributed by atoms with Crippen LogP contribution in [0.2, 0.25) is 0 Å². The van der Waals surface area contributed by atoms with Crippen LogP contribution in [-0.2, 0) is 0 Å². The summed E-state index contributed by atoms with van der Waals surface area (Å²) >= 11 is 0. The Morgan fingerprint density at radius 2 is 0.745 bits per heavy atom. The van der Waals surface area contributed by atoms with Crippen molar-refractivity contribution in [2.45, 2.75) is 13.8 Å². The zero-order chi connectivity index (χ0) is 35.9. The molecule has 0 radical (unpaired) electrons. The normalized spacial score (nSPS) is 13.5. The van der Waals surface area contributed by atoms with Gasteiger partial charge < -0.3 is 4.90 Å². The van der Waals surface area contributed by atoms with E-state index >= 15 is 0 Å². The minimum Gasteiger partial charge on any atom is -0.311 e. The van der Waals surface area contributed by atoms with Gasteiger partial charge in [0.05, 0.1) is 0 Å². The highest BCUT2D eigenvalue weighted by Crippen LogP contribution is 2.27. The Hall–Kier alpha value is -6.44. The number of allylic oxidation sites excluding steroid dienone is 16. The van der Waals surface area contributed by atoms with E-state index in [0.29, 0.717) is 0 Å². The lowest BCUT2D eigenvalue weighted by molar-refractivity contribution is 1.14. The van der Waals surface area contributed by atoms with Gasteiger partial charge >= 0.3 is 0 Å². The molecule has 4 aromatic carbocycles. The van der Waals surface area contributed by atoms with Crippen LogP contribution in [0.25, 0.3) is 24.3 Å². The third-order valence-electron chi connectivity index (χ3n) is 7.72. The first-order chi connectivity index (χ1) is 25.1. The molecule has 0 bridgehead atoms. The maximum atomic E-state index is 4.19. The van der Waals surface area contributed by atoms with E-state index in [1.54, 1.807) is 0 Å². The van der Waals surface area contributed by atoms with Crippen molar-refractivity contribution in [3.05, 3.63) is 258 Å². The Bertz CT molecular complexity index is 1890. The van der Waals surface area contributed by atoms with Crippen molar-refractivity contribution >= 4 is 30.0 Å². The average Bonchev–Trinajstić information content (AvgIpc) is 3.18. The van der Waals surface area contributed by atoms with Crippen molar-refractivity contribution in [3.8, 4) is 0 Å². The van der Waals surface area contributed by atoms with Crippen LogP contribution in [0.1, 0.15) is 36.1 Å². The third-order valence-corrected chi connectivity index (χ3v) is 7.72. The van der Waals surface area contributed by atoms with E-state index < -0.39 is 0 Å². The summed E-state index contributed by atoms with van der Waals surface area (Å²) in [6.45, 7) is 12.6. The predicted octanol–water partition coefficient (Wildman–Crippen LogP) is 13.8. The molecule has 0 saturated heterocycles. The molecule has 0 unspecified atom stereocenters. The SMILES string of the molecule is C=C\C(=C/C=C(C)/C=C/C=C/c1ccccc1)N(/C(C=C)=C/C=C(C)/C=C/C=C/c1ccccc1)c1ccc(/C=C/C=C/c2ccccc2)cc1. The second-order valence-corrected chi connectivity index (χ2v) is 11.7. The molecule has 0 atom stereocenters. The largest absolute Gasteiger partial charge is 0.311 e. The summed E-state index contributed by atoms with van der Waals surface area (Å²) < 4.78 is 0. The van der Waals surface area contributed by atoms with Gasteiger partial charge in [-0.3, -0.25) is 0 Å². The van der Waals surface area contributed by atoms with Gasteiger partial charge in [-0.1, -0.05) is 212 Å². The molecule has 0 aliphatic carbocycles. The molecule has 1 nitrogen and oxygen atoms in total. The second-order valence-electron chi connectivity index (χ2n) is 11.7. The Labute approximate surface area is 306 Å². The summed E-state index contributed by atoms with van der Waals surface area (Å²) in [5.41, 5.74) is 9.71. The summed E-state index contributed by atoms with van der Waals surface area (Å²) in [5.74, 6) is 0. The van der Waals surface area contributed by atoms with E-state index in [2.05, 4.69) is 190 Å². The van der Waals surface area contributed by atoms with Crippen LogP contribution >= 0.6 is 0 Å². The molecular formula is C50H47N. The molecule has 252 valence electrons. The molecule has 4 rings (SSSR count). The van der Waals surface area contributed by atoms with Crippen LogP contribution in [0.3, 0.4) is 0 Å². The van der Waals surface area contributed by atoms with Gasteiger partial charge in [0.25, 0.3) is 0 Å². The molecule has 4 aromatic rings. The molecule has 0 N–H and O–H groups in total. The van der Waals surface area contributed by atoms with Crippen molar-refractivity contribution in [1.29, 1.82) is 0 Å². The molecule has 0 fully saturated rings. The van der Waals surface area contributed by atoms with E-state index in [1.807, 2.05) is 66.7 Å². The van der Waals surface area contributed by atoms with Crippen molar-refractivity contribution in [1.82, 2.24) is 0 Å². The van der Waals surface area contributed by atoms with Crippen molar-refractivity contribution in [2.75, 3.05) is 4.90 Å². The molecular weight excluding hydrogens is 615 g/mol. The fourth-order valence-corrected chi connectivity index (χ4v) is 4.97. The maximum absolute atomic E-state index is 4.19. The fraction of sp³-hybridized carbons (Fsp3) is 0.0400. The number of hydrogen-bond acceptors (Lipinski definition) is 1. The number of anilines is 1. The molecule has 51 heavy (non-hydrogen) atoms. The van der Waals surface area contributed by atoms with Gasteiger partial charge in [0.15, 0.2) is 0 Å². The second kappa shape index (κ2) is 21.5. The summed E-state index contributed by atoms with van der Waals surface area (Å²) in [7, 11) is 0. The van der Waals surface area contributed by atoms with Crippen LogP contribution in [0, 0.1) is 0 Å². The summed E-state index contributed by atoms with van der Waals surface area (Å²) in [6, 6.07) is 39.4. The highest BCUT2D eigenvalue weighted by molar-refractivity contribution is 5.66. The zero-order valence-electron chi connectivity index (χ0n) is 29.7. The van der Waals surface area contributed by atoms with Crippen LogP contribution < -0.4 is 4.90 Å². The first-order valence-corrected chi connectivity index (χ1v) is 17.2. The van der Waals surface area contributed by atoms with Crippen LogP contribution in [-0.4, -0.2) is 0 Å². The summed E-state index contributed by atoms with van der Waals surface area (Å²) in [5, 5.41) is 0. The van der Waals surface area contributed by atoms with Crippen LogP contribution in [0.4, 0.5) is 5.69 Å². The highest BCUT2D eigenvalue weighted by Gasteiger charge is 2.13. The molecule has 0 heterocycles. The standard InChI is InChI=1S/C50H47N/c1-5-48(38-34-42(3)22-16-18-30-44-24-10-7-11-25-44)51(49(6-2)39-35-43(4)23-17-19-31-45-26-12-8-13-27-45)50-40-36-47(37-41-50)33-21-20-32-46-28-14-9-15-29-46/h5-41H,1-2H2,3-4H3/b22-16+,23-17+,30-18+,31-19+,32-20+,33-21+,42-34+,43-35+,48-38+,49-39+. The van der Waals surface area contributed by atoms with Gasteiger partial charge in [-0.05, 0) is 72.5 Å². The minimum absolute atomic E-state index is 0.926. The van der Waals surface area contributed by atoms with Crippen LogP contribution in [0.15, 0.2) is 236 Å². The zero-order valence-corrected chi connectivity index (χ0v) is 29.7. The summed E-state index contributed by atoms with van der Waals surface area (Å²) in [6.07, 6.45) is 37.1. The summed E-state index contributed by atoms with van der Waals surface area (Å²) in [4.78, 5) is 2.17. The molecule has 0 aliphatic heterocycles. The van der Waals surface area contributed by atoms with Gasteiger partial charge in [0.1, 0.15) is 0 Å². The lowest BCUT2D eigenvalue weighted by Gasteiger charge is -2.27. The molecule has 0 saturated carbocycles. The minimum atomic E-state index is 0.926. The lowest BCUT2D eigenvalue weighted by atomic mass is 10.1. The third kappa shape index (κ3) is 13.5. The maximum Gasteiger partial charge on any atom is 0.0462 e. The molecule has 0 amide bonds. The van der Waals surface area contributed by atoms with Crippen molar-refractivity contribution < 1.29 is 0 Å². The Morgan fingerprint density at radius 1 is 0.412 bits per heavy atom. The van der Waals surface area contributed by atoms with E-state index in [0.717, 1.165) is 33.8 Å². The number of nitrogens with zero attached hydrogens (tertiary/aromatic N) is 1. The van der Waals surface area contributed by atoms with Crippen molar-refractivity contribution in [3.63, 3.8) is 0 Å². The monoisotopic (exact) mass is 661 g/mol. The lowest BCUT2D eigenvalue weighted by Crippen LogP contribution is -2.19.